The first-order valence-electron chi connectivity index (χ1n) is 9.74. The number of hydrogen-bond donors (Lipinski definition) is 2. The average molecular weight is 416 g/mol. The normalized spacial score (nSPS) is 10.7. The van der Waals surface area contributed by atoms with Crippen molar-refractivity contribution < 1.29 is 9.59 Å². The molecule has 150 valence electrons. The van der Waals surface area contributed by atoms with Gasteiger partial charge in [0, 0.05) is 30.6 Å². The monoisotopic (exact) mass is 415 g/mol. The van der Waals surface area contributed by atoms with Crippen LogP contribution >= 0.6 is 11.3 Å². The largest absolute Gasteiger partial charge is 0.352 e. The Morgan fingerprint density at radius 1 is 0.867 bits per heavy atom. The van der Waals surface area contributed by atoms with E-state index in [0.717, 1.165) is 28.2 Å². The second-order valence-corrected chi connectivity index (χ2v) is 7.98. The van der Waals surface area contributed by atoms with Gasteiger partial charge in [0.25, 0.3) is 5.91 Å². The number of anilines is 1. The number of carbonyl (C=O) groups is 2. The molecule has 0 bridgehead atoms. The van der Waals surface area contributed by atoms with E-state index in [1.54, 1.807) is 23.5 Å². The van der Waals surface area contributed by atoms with Crippen molar-refractivity contribution in [2.75, 3.05) is 11.9 Å². The van der Waals surface area contributed by atoms with Crippen molar-refractivity contribution in [3.05, 3.63) is 95.0 Å². The Bertz CT molecular complexity index is 1120. The lowest BCUT2D eigenvalue weighted by molar-refractivity contribution is -0.116. The third kappa shape index (κ3) is 5.10. The predicted octanol–water partition coefficient (Wildman–Crippen LogP) is 4.65. The zero-order chi connectivity index (χ0) is 20.8. The maximum atomic E-state index is 12.1. The number of para-hydroxylation sites is 1. The summed E-state index contributed by atoms with van der Waals surface area (Å²) in [5.41, 5.74) is 3.49. The summed E-state index contributed by atoms with van der Waals surface area (Å²) in [5, 5.41) is 6.69. The summed E-state index contributed by atoms with van der Waals surface area (Å²) in [7, 11) is 0. The molecule has 2 N–H and O–H groups in total. The second kappa shape index (κ2) is 9.33. The van der Waals surface area contributed by atoms with Crippen LogP contribution in [0, 0.1) is 0 Å². The maximum Gasteiger partial charge on any atom is 0.251 e. The smallest absolute Gasteiger partial charge is 0.251 e. The Hall–Kier alpha value is -3.51. The summed E-state index contributed by atoms with van der Waals surface area (Å²) >= 11 is 1.70. The molecule has 0 aliphatic carbocycles. The van der Waals surface area contributed by atoms with Crippen molar-refractivity contribution in [1.29, 1.82) is 0 Å². The van der Waals surface area contributed by atoms with Gasteiger partial charge in [0.2, 0.25) is 5.91 Å². The van der Waals surface area contributed by atoms with Crippen LogP contribution in [0.25, 0.3) is 10.2 Å². The molecule has 4 rings (SSSR count). The van der Waals surface area contributed by atoms with Crippen LogP contribution in [0.3, 0.4) is 0 Å². The molecular weight excluding hydrogens is 394 g/mol. The molecule has 2 amide bonds. The second-order valence-electron chi connectivity index (χ2n) is 6.87. The zero-order valence-corrected chi connectivity index (χ0v) is 17.1. The van der Waals surface area contributed by atoms with E-state index >= 15 is 0 Å². The minimum atomic E-state index is -0.178. The molecule has 0 fully saturated rings. The first kappa shape index (κ1) is 19.8. The summed E-state index contributed by atoms with van der Waals surface area (Å²) in [4.78, 5) is 28.8. The highest BCUT2D eigenvalue weighted by Crippen LogP contribution is 2.24. The molecule has 0 aliphatic rings. The topological polar surface area (TPSA) is 71.1 Å². The third-order valence-electron chi connectivity index (χ3n) is 4.60. The Morgan fingerprint density at radius 2 is 1.60 bits per heavy atom. The molecule has 6 heteroatoms. The lowest BCUT2D eigenvalue weighted by atomic mass is 10.1. The maximum absolute atomic E-state index is 12.1. The van der Waals surface area contributed by atoms with Gasteiger partial charge in [-0.3, -0.25) is 9.59 Å². The highest BCUT2D eigenvalue weighted by molar-refractivity contribution is 7.18. The van der Waals surface area contributed by atoms with Gasteiger partial charge < -0.3 is 10.6 Å². The van der Waals surface area contributed by atoms with Crippen molar-refractivity contribution in [3.63, 3.8) is 0 Å². The minimum Gasteiger partial charge on any atom is -0.352 e. The van der Waals surface area contributed by atoms with Gasteiger partial charge in [-0.2, -0.15) is 0 Å². The first-order chi connectivity index (χ1) is 14.7. The number of benzene rings is 3. The lowest BCUT2D eigenvalue weighted by Gasteiger charge is -2.07. The molecule has 30 heavy (non-hydrogen) atoms. The van der Waals surface area contributed by atoms with Gasteiger partial charge in [-0.05, 0) is 42.0 Å². The van der Waals surface area contributed by atoms with Gasteiger partial charge in [-0.15, -0.1) is 11.3 Å². The van der Waals surface area contributed by atoms with E-state index in [-0.39, 0.29) is 24.8 Å². The Kier molecular flexibility index (Phi) is 6.15. The van der Waals surface area contributed by atoms with E-state index in [0.29, 0.717) is 5.56 Å². The summed E-state index contributed by atoms with van der Waals surface area (Å²) in [6.45, 7) is 0.287. The number of aromatic nitrogens is 1. The summed E-state index contributed by atoms with van der Waals surface area (Å²) < 4.78 is 1.19. The number of rotatable bonds is 7. The fourth-order valence-corrected chi connectivity index (χ4v) is 4.08. The van der Waals surface area contributed by atoms with Crippen LogP contribution in [-0.2, 0) is 11.2 Å². The van der Waals surface area contributed by atoms with E-state index in [4.69, 9.17) is 0 Å². The standard InChI is InChI=1S/C24H21N3O2S/c28-22(14-15-25-24(29)18-6-2-1-3-7-18)26-19-12-10-17(11-13-19)16-23-27-20-8-4-5-9-21(20)30-23/h1-13H,14-16H2,(H,25,29)(H,26,28). The van der Waals surface area contributed by atoms with E-state index in [9.17, 15) is 9.59 Å². The molecule has 4 aromatic rings. The number of nitrogens with one attached hydrogen (secondary N) is 2. The number of carbonyl (C=O) groups excluding carboxylic acids is 2. The van der Waals surface area contributed by atoms with E-state index in [2.05, 4.69) is 21.7 Å². The summed E-state index contributed by atoms with van der Waals surface area (Å²) in [5.74, 6) is -0.315. The number of thiazole rings is 1. The van der Waals surface area contributed by atoms with Crippen molar-refractivity contribution in [2.45, 2.75) is 12.8 Å². The van der Waals surface area contributed by atoms with Gasteiger partial charge in [0.1, 0.15) is 0 Å². The summed E-state index contributed by atoms with van der Waals surface area (Å²) in [6.07, 6.45) is 0.977. The molecule has 3 aromatic carbocycles. The Labute approximate surface area is 178 Å². The van der Waals surface area contributed by atoms with Gasteiger partial charge in [-0.1, -0.05) is 42.5 Å². The molecule has 0 spiro atoms. The molecule has 0 saturated heterocycles. The molecule has 1 heterocycles. The van der Waals surface area contributed by atoms with Gasteiger partial charge in [-0.25, -0.2) is 4.98 Å². The van der Waals surface area contributed by atoms with E-state index < -0.39 is 0 Å². The first-order valence-corrected chi connectivity index (χ1v) is 10.6. The van der Waals surface area contributed by atoms with Crippen LogP contribution in [0.2, 0.25) is 0 Å². The molecule has 5 nitrogen and oxygen atoms in total. The Morgan fingerprint density at radius 3 is 2.37 bits per heavy atom. The molecule has 1 aromatic heterocycles. The molecule has 0 aliphatic heterocycles. The van der Waals surface area contributed by atoms with Crippen LogP contribution in [-0.4, -0.2) is 23.3 Å². The SMILES string of the molecule is O=C(CCNC(=O)c1ccccc1)Nc1ccc(Cc2nc3ccccc3s2)cc1. The van der Waals surface area contributed by atoms with Crippen LogP contribution < -0.4 is 10.6 Å². The Balaban J connectivity index is 1.25. The van der Waals surface area contributed by atoms with Crippen LogP contribution in [0.15, 0.2) is 78.9 Å². The molecule has 0 unspecified atom stereocenters. The van der Waals surface area contributed by atoms with Crippen LogP contribution in [0.5, 0.6) is 0 Å². The highest BCUT2D eigenvalue weighted by atomic mass is 32.1. The van der Waals surface area contributed by atoms with Crippen molar-refractivity contribution in [2.24, 2.45) is 0 Å². The number of hydrogen-bond acceptors (Lipinski definition) is 4. The molecular formula is C24H21N3O2S. The quantitative estimate of drug-likeness (QED) is 0.462. The highest BCUT2D eigenvalue weighted by Gasteiger charge is 2.08. The van der Waals surface area contributed by atoms with Crippen molar-refractivity contribution >= 4 is 39.1 Å². The fourth-order valence-electron chi connectivity index (χ4n) is 3.08. The van der Waals surface area contributed by atoms with Crippen molar-refractivity contribution in [3.8, 4) is 0 Å². The van der Waals surface area contributed by atoms with E-state index in [1.807, 2.05) is 60.7 Å². The fraction of sp³-hybridized carbons (Fsp3) is 0.125. The minimum absolute atomic E-state index is 0.137. The van der Waals surface area contributed by atoms with Gasteiger partial charge in [0.15, 0.2) is 0 Å². The van der Waals surface area contributed by atoms with Crippen LogP contribution in [0.4, 0.5) is 5.69 Å². The average Bonchev–Trinajstić information content (AvgIpc) is 3.18. The lowest BCUT2D eigenvalue weighted by Crippen LogP contribution is -2.27. The number of amides is 2. The van der Waals surface area contributed by atoms with Gasteiger partial charge in [0.05, 0.1) is 15.2 Å². The predicted molar refractivity (Wildman–Crippen MR) is 121 cm³/mol. The van der Waals surface area contributed by atoms with Crippen molar-refractivity contribution in [1.82, 2.24) is 10.3 Å². The third-order valence-corrected chi connectivity index (χ3v) is 5.64. The zero-order valence-electron chi connectivity index (χ0n) is 16.3. The van der Waals surface area contributed by atoms with Crippen LogP contribution in [0.1, 0.15) is 27.3 Å². The summed E-state index contributed by atoms with van der Waals surface area (Å²) in [6, 6.07) is 24.9. The number of nitrogens with zero attached hydrogens (tertiary/aromatic N) is 1. The van der Waals surface area contributed by atoms with E-state index in [1.165, 1.54) is 4.70 Å². The van der Waals surface area contributed by atoms with Gasteiger partial charge >= 0.3 is 0 Å². The molecule has 0 saturated carbocycles. The number of fused-ring (bicyclic) bond motifs is 1. The molecule has 0 radical (unpaired) electrons. The molecule has 0 atom stereocenters.